The lowest BCUT2D eigenvalue weighted by atomic mass is 9.86. The van der Waals surface area contributed by atoms with Gasteiger partial charge in [-0.15, -0.1) is 0 Å². The quantitative estimate of drug-likeness (QED) is 0.602. The van der Waals surface area contributed by atoms with E-state index in [2.05, 4.69) is 16.5 Å². The fourth-order valence-electron chi connectivity index (χ4n) is 4.15. The Labute approximate surface area is 177 Å². The molecule has 1 aromatic heterocycles. The number of amides is 1. The van der Waals surface area contributed by atoms with E-state index in [1.807, 2.05) is 0 Å². The molecule has 1 amide bonds. The van der Waals surface area contributed by atoms with Gasteiger partial charge in [0.1, 0.15) is 23.3 Å². The maximum absolute atomic E-state index is 13.1. The Kier molecular flexibility index (Phi) is 7.83. The zero-order chi connectivity index (χ0) is 21.3. The van der Waals surface area contributed by atoms with Gasteiger partial charge in [-0.3, -0.25) is 4.79 Å². The molecule has 2 aromatic rings. The first-order chi connectivity index (χ1) is 14.6. The van der Waals surface area contributed by atoms with Gasteiger partial charge >= 0.3 is 0 Å². The van der Waals surface area contributed by atoms with Gasteiger partial charge in [0, 0.05) is 13.0 Å². The van der Waals surface area contributed by atoms with Crippen molar-refractivity contribution in [3.63, 3.8) is 0 Å². The standard InChI is InChI=1S/C23H30FN5O/c24-18-11-13-19(14-12-18)29-23(26)20(16-25)21(28-29)9-5-15-27-22(30)10-4-8-17-6-2-1-3-7-17/h11-14,17H,1-10,15,26H2,(H,27,30). The monoisotopic (exact) mass is 411 g/mol. The molecule has 1 heterocycles. The molecular formula is C23H30FN5O. The topological polar surface area (TPSA) is 96.7 Å². The van der Waals surface area contributed by atoms with Crippen LogP contribution in [0, 0.1) is 23.1 Å². The van der Waals surface area contributed by atoms with Crippen LogP contribution in [0.15, 0.2) is 24.3 Å². The van der Waals surface area contributed by atoms with Crippen molar-refractivity contribution in [1.29, 1.82) is 5.26 Å². The lowest BCUT2D eigenvalue weighted by Gasteiger charge is -2.21. The summed E-state index contributed by atoms with van der Waals surface area (Å²) in [4.78, 5) is 12.1. The summed E-state index contributed by atoms with van der Waals surface area (Å²) in [5.41, 5.74) is 7.59. The molecule has 0 aliphatic heterocycles. The van der Waals surface area contributed by atoms with Gasteiger partial charge in [-0.2, -0.15) is 10.4 Å². The minimum Gasteiger partial charge on any atom is -0.382 e. The summed E-state index contributed by atoms with van der Waals surface area (Å²) in [6.45, 7) is 0.538. The Morgan fingerprint density at radius 1 is 1.23 bits per heavy atom. The van der Waals surface area contributed by atoms with E-state index in [9.17, 15) is 14.4 Å². The molecule has 1 aliphatic carbocycles. The van der Waals surface area contributed by atoms with Crippen molar-refractivity contribution in [2.45, 2.75) is 64.2 Å². The molecule has 160 valence electrons. The Bertz CT molecular complexity index is 878. The maximum Gasteiger partial charge on any atom is 0.219 e. The first-order valence-corrected chi connectivity index (χ1v) is 10.9. The molecule has 0 unspecified atom stereocenters. The van der Waals surface area contributed by atoms with Crippen LogP contribution in [-0.4, -0.2) is 22.2 Å². The van der Waals surface area contributed by atoms with Crippen LogP contribution in [0.2, 0.25) is 0 Å². The van der Waals surface area contributed by atoms with Gasteiger partial charge in [0.25, 0.3) is 0 Å². The number of nitrogens with one attached hydrogen (secondary N) is 1. The number of carbonyl (C=O) groups is 1. The zero-order valence-corrected chi connectivity index (χ0v) is 17.4. The fraction of sp³-hybridized carbons (Fsp3) is 0.522. The largest absolute Gasteiger partial charge is 0.382 e. The molecule has 0 bridgehead atoms. The summed E-state index contributed by atoms with van der Waals surface area (Å²) >= 11 is 0. The highest BCUT2D eigenvalue weighted by atomic mass is 19.1. The lowest BCUT2D eigenvalue weighted by Crippen LogP contribution is -2.24. The van der Waals surface area contributed by atoms with Crippen molar-refractivity contribution in [3.05, 3.63) is 41.3 Å². The number of benzene rings is 1. The molecular weight excluding hydrogens is 381 g/mol. The highest BCUT2D eigenvalue weighted by Gasteiger charge is 2.17. The first-order valence-electron chi connectivity index (χ1n) is 10.9. The zero-order valence-electron chi connectivity index (χ0n) is 17.4. The molecule has 0 atom stereocenters. The van der Waals surface area contributed by atoms with Crippen molar-refractivity contribution < 1.29 is 9.18 Å². The van der Waals surface area contributed by atoms with E-state index >= 15 is 0 Å². The van der Waals surface area contributed by atoms with Crippen LogP contribution in [0.3, 0.4) is 0 Å². The number of nitrogen functional groups attached to an aromatic ring is 1. The average Bonchev–Trinajstić information content (AvgIpc) is 3.08. The molecule has 0 radical (unpaired) electrons. The predicted molar refractivity (Wildman–Crippen MR) is 114 cm³/mol. The van der Waals surface area contributed by atoms with Crippen LogP contribution in [0.5, 0.6) is 0 Å². The van der Waals surface area contributed by atoms with E-state index in [1.54, 1.807) is 12.1 Å². The molecule has 30 heavy (non-hydrogen) atoms. The summed E-state index contributed by atoms with van der Waals surface area (Å²) in [6.07, 6.45) is 10.5. The highest BCUT2D eigenvalue weighted by Crippen LogP contribution is 2.27. The van der Waals surface area contributed by atoms with Crippen LogP contribution in [0.4, 0.5) is 10.2 Å². The number of hydrogen-bond acceptors (Lipinski definition) is 4. The number of halogens is 1. The van der Waals surface area contributed by atoms with E-state index in [0.717, 1.165) is 18.8 Å². The van der Waals surface area contributed by atoms with Crippen molar-refractivity contribution in [3.8, 4) is 11.8 Å². The summed E-state index contributed by atoms with van der Waals surface area (Å²) in [5, 5.41) is 16.8. The second kappa shape index (κ2) is 10.8. The van der Waals surface area contributed by atoms with Gasteiger partial charge in [-0.1, -0.05) is 32.1 Å². The van der Waals surface area contributed by atoms with Crippen molar-refractivity contribution in [2.24, 2.45) is 5.92 Å². The predicted octanol–water partition coefficient (Wildman–Crippen LogP) is 4.26. The molecule has 7 heteroatoms. The third-order valence-corrected chi connectivity index (χ3v) is 5.83. The molecule has 0 saturated heterocycles. The molecule has 1 aliphatic rings. The van der Waals surface area contributed by atoms with E-state index in [0.29, 0.717) is 42.8 Å². The van der Waals surface area contributed by atoms with Gasteiger partial charge in [0.2, 0.25) is 5.91 Å². The van der Waals surface area contributed by atoms with Crippen LogP contribution < -0.4 is 11.1 Å². The number of hydrogen-bond donors (Lipinski definition) is 2. The second-order valence-electron chi connectivity index (χ2n) is 8.06. The number of nitriles is 1. The molecule has 0 spiro atoms. The van der Waals surface area contributed by atoms with Crippen LogP contribution >= 0.6 is 0 Å². The van der Waals surface area contributed by atoms with Gasteiger partial charge in [-0.25, -0.2) is 9.07 Å². The molecule has 3 N–H and O–H groups in total. The van der Waals surface area contributed by atoms with Crippen LogP contribution in [0.25, 0.3) is 5.69 Å². The third kappa shape index (κ3) is 5.82. The molecule has 6 nitrogen and oxygen atoms in total. The van der Waals surface area contributed by atoms with E-state index in [-0.39, 0.29) is 17.5 Å². The summed E-state index contributed by atoms with van der Waals surface area (Å²) in [7, 11) is 0. The SMILES string of the molecule is N#Cc1c(CCCNC(=O)CCCC2CCCCC2)nn(-c2ccc(F)cc2)c1N. The van der Waals surface area contributed by atoms with E-state index in [4.69, 9.17) is 5.73 Å². The van der Waals surface area contributed by atoms with Gasteiger partial charge in [0.05, 0.1) is 11.4 Å². The third-order valence-electron chi connectivity index (χ3n) is 5.83. The highest BCUT2D eigenvalue weighted by molar-refractivity contribution is 5.75. The second-order valence-corrected chi connectivity index (χ2v) is 8.06. The van der Waals surface area contributed by atoms with E-state index in [1.165, 1.54) is 48.9 Å². The molecule has 3 rings (SSSR count). The van der Waals surface area contributed by atoms with E-state index < -0.39 is 0 Å². The van der Waals surface area contributed by atoms with Gasteiger partial charge in [-0.05, 0) is 55.9 Å². The van der Waals surface area contributed by atoms with Crippen molar-refractivity contribution >= 4 is 11.7 Å². The maximum atomic E-state index is 13.1. The van der Waals surface area contributed by atoms with Crippen LogP contribution in [0.1, 0.15) is 69.0 Å². The Hall–Kier alpha value is -2.88. The summed E-state index contributed by atoms with van der Waals surface area (Å²) in [6, 6.07) is 7.89. The fourth-order valence-corrected chi connectivity index (χ4v) is 4.15. The Morgan fingerprint density at radius 3 is 2.67 bits per heavy atom. The summed E-state index contributed by atoms with van der Waals surface area (Å²) in [5.74, 6) is 0.783. The smallest absolute Gasteiger partial charge is 0.219 e. The number of aromatic nitrogens is 2. The summed E-state index contributed by atoms with van der Waals surface area (Å²) < 4.78 is 14.6. The molecule has 1 aromatic carbocycles. The van der Waals surface area contributed by atoms with Crippen molar-refractivity contribution in [2.75, 3.05) is 12.3 Å². The number of aryl methyl sites for hydroxylation is 1. The Morgan fingerprint density at radius 2 is 1.97 bits per heavy atom. The number of nitrogens with two attached hydrogens (primary N) is 1. The first kappa shape index (κ1) is 21.8. The Balaban J connectivity index is 1.44. The number of nitrogens with zero attached hydrogens (tertiary/aromatic N) is 3. The minimum absolute atomic E-state index is 0.0858. The van der Waals surface area contributed by atoms with Crippen molar-refractivity contribution in [1.82, 2.24) is 15.1 Å². The average molecular weight is 412 g/mol. The molecule has 1 fully saturated rings. The number of anilines is 1. The normalized spacial score (nSPS) is 14.4. The number of carbonyl (C=O) groups excluding carboxylic acids is 1. The molecule has 1 saturated carbocycles. The van der Waals surface area contributed by atoms with Gasteiger partial charge < -0.3 is 11.1 Å². The minimum atomic E-state index is -0.348. The van der Waals surface area contributed by atoms with Gasteiger partial charge in [0.15, 0.2) is 0 Å². The number of rotatable bonds is 9. The van der Waals surface area contributed by atoms with Crippen LogP contribution in [-0.2, 0) is 11.2 Å². The lowest BCUT2D eigenvalue weighted by molar-refractivity contribution is -0.121.